The maximum absolute atomic E-state index is 12.1. The van der Waals surface area contributed by atoms with Crippen LogP contribution in [0.5, 0.6) is 17.2 Å². The molecule has 0 spiro atoms. The normalized spacial score (nSPS) is 10.5. The molecule has 0 atom stereocenters. The summed E-state index contributed by atoms with van der Waals surface area (Å²) in [6.45, 7) is 1.72. The van der Waals surface area contributed by atoms with Gasteiger partial charge in [0.2, 0.25) is 11.8 Å². The number of ether oxygens (including phenoxy) is 3. The highest BCUT2D eigenvalue weighted by molar-refractivity contribution is 6.32. The van der Waals surface area contributed by atoms with Crippen molar-refractivity contribution in [3.05, 3.63) is 52.6 Å². The lowest BCUT2D eigenvalue weighted by molar-refractivity contribution is -0.121. The molecule has 29 heavy (non-hydrogen) atoms. The van der Waals surface area contributed by atoms with Gasteiger partial charge in [0.05, 0.1) is 38.6 Å². The zero-order chi connectivity index (χ0) is 21.4. The Bertz CT molecular complexity index is 928. The average molecular weight is 419 g/mol. The predicted octanol–water partition coefficient (Wildman–Crippen LogP) is 3.44. The molecule has 2 aromatic rings. The van der Waals surface area contributed by atoms with Crippen molar-refractivity contribution in [1.82, 2.24) is 5.32 Å². The number of amides is 2. The zero-order valence-electron chi connectivity index (χ0n) is 16.7. The van der Waals surface area contributed by atoms with Gasteiger partial charge in [-0.05, 0) is 48.4 Å². The first kappa shape index (κ1) is 22.1. The molecule has 0 saturated heterocycles. The topological polar surface area (TPSA) is 85.9 Å². The van der Waals surface area contributed by atoms with Crippen molar-refractivity contribution in [3.8, 4) is 17.2 Å². The highest BCUT2D eigenvalue weighted by atomic mass is 35.5. The lowest BCUT2D eigenvalue weighted by Crippen LogP contribution is -2.31. The molecule has 0 aromatic heterocycles. The van der Waals surface area contributed by atoms with Gasteiger partial charge in [0.25, 0.3) is 0 Å². The molecule has 0 radical (unpaired) electrons. The Morgan fingerprint density at radius 1 is 1.03 bits per heavy atom. The summed E-state index contributed by atoms with van der Waals surface area (Å²) in [6.07, 6.45) is 2.86. The monoisotopic (exact) mass is 418 g/mol. The number of benzene rings is 2. The summed E-state index contributed by atoms with van der Waals surface area (Å²) in [5, 5.41) is 5.60. The standard InChI is InChI=1S/C21H23ClN2O5/c1-13-5-7-17(27-2)16(9-13)24-20(26)12-23-19(25)8-6-14-10-15(22)21(29-4)18(11-14)28-3/h5-11H,12H2,1-4H3,(H,23,25)(H,24,26)/b8-6+. The minimum Gasteiger partial charge on any atom is -0.495 e. The first-order chi connectivity index (χ1) is 13.9. The first-order valence-corrected chi connectivity index (χ1v) is 9.07. The van der Waals surface area contributed by atoms with Crippen molar-refractivity contribution in [2.45, 2.75) is 6.92 Å². The fourth-order valence-corrected chi connectivity index (χ4v) is 2.84. The lowest BCUT2D eigenvalue weighted by atomic mass is 10.2. The second-order valence-corrected chi connectivity index (χ2v) is 6.45. The maximum atomic E-state index is 12.1. The van der Waals surface area contributed by atoms with E-state index in [1.54, 1.807) is 30.3 Å². The van der Waals surface area contributed by atoms with E-state index in [1.165, 1.54) is 27.4 Å². The molecule has 0 saturated carbocycles. The summed E-state index contributed by atoms with van der Waals surface area (Å²) in [7, 11) is 4.51. The molecular formula is C21H23ClN2O5. The van der Waals surface area contributed by atoms with E-state index in [0.717, 1.165) is 5.56 Å². The highest BCUT2D eigenvalue weighted by Gasteiger charge is 2.11. The number of aryl methyl sites for hydroxylation is 1. The highest BCUT2D eigenvalue weighted by Crippen LogP contribution is 2.36. The number of hydrogen-bond acceptors (Lipinski definition) is 5. The van der Waals surface area contributed by atoms with E-state index in [2.05, 4.69) is 10.6 Å². The molecule has 0 aliphatic rings. The van der Waals surface area contributed by atoms with Crippen LogP contribution in [0.4, 0.5) is 5.69 Å². The Hall–Kier alpha value is -3.19. The number of nitrogens with one attached hydrogen (secondary N) is 2. The van der Waals surface area contributed by atoms with Crippen LogP contribution in [0.2, 0.25) is 5.02 Å². The van der Waals surface area contributed by atoms with E-state index in [0.29, 0.717) is 33.5 Å². The van der Waals surface area contributed by atoms with Crippen LogP contribution in [0, 0.1) is 6.92 Å². The Balaban J connectivity index is 1.95. The number of carbonyl (C=O) groups excluding carboxylic acids is 2. The molecule has 0 unspecified atom stereocenters. The molecule has 0 aliphatic heterocycles. The predicted molar refractivity (Wildman–Crippen MR) is 113 cm³/mol. The van der Waals surface area contributed by atoms with Crippen LogP contribution in [0.1, 0.15) is 11.1 Å². The summed E-state index contributed by atoms with van der Waals surface area (Å²) in [5.74, 6) is 0.609. The summed E-state index contributed by atoms with van der Waals surface area (Å²) in [6, 6.07) is 8.76. The van der Waals surface area contributed by atoms with E-state index in [9.17, 15) is 9.59 Å². The zero-order valence-corrected chi connectivity index (χ0v) is 17.4. The van der Waals surface area contributed by atoms with Crippen LogP contribution in [0.3, 0.4) is 0 Å². The van der Waals surface area contributed by atoms with Gasteiger partial charge in [-0.3, -0.25) is 9.59 Å². The van der Waals surface area contributed by atoms with Gasteiger partial charge in [0, 0.05) is 6.08 Å². The molecule has 2 N–H and O–H groups in total. The molecule has 0 bridgehead atoms. The Kier molecular flexibility index (Phi) is 7.91. The molecule has 2 amide bonds. The maximum Gasteiger partial charge on any atom is 0.244 e. The fourth-order valence-electron chi connectivity index (χ4n) is 2.55. The number of rotatable bonds is 8. The van der Waals surface area contributed by atoms with E-state index in [4.69, 9.17) is 25.8 Å². The summed E-state index contributed by atoms with van der Waals surface area (Å²) < 4.78 is 15.6. The second-order valence-electron chi connectivity index (χ2n) is 6.04. The average Bonchev–Trinajstić information content (AvgIpc) is 2.70. The van der Waals surface area contributed by atoms with Gasteiger partial charge in [-0.15, -0.1) is 0 Å². The summed E-state index contributed by atoms with van der Waals surface area (Å²) in [4.78, 5) is 24.1. The van der Waals surface area contributed by atoms with Crippen LogP contribution in [0.15, 0.2) is 36.4 Å². The minimum atomic E-state index is -0.428. The van der Waals surface area contributed by atoms with Crippen LogP contribution in [-0.2, 0) is 9.59 Å². The third-order valence-electron chi connectivity index (χ3n) is 3.94. The summed E-state index contributed by atoms with van der Waals surface area (Å²) >= 11 is 6.14. The van der Waals surface area contributed by atoms with Crippen LogP contribution >= 0.6 is 11.6 Å². The van der Waals surface area contributed by atoms with E-state index >= 15 is 0 Å². The fraction of sp³-hybridized carbons (Fsp3) is 0.238. The van der Waals surface area contributed by atoms with Crippen molar-refractivity contribution in [3.63, 3.8) is 0 Å². The molecule has 2 rings (SSSR count). The number of carbonyl (C=O) groups is 2. The number of methoxy groups -OCH3 is 3. The Morgan fingerprint density at radius 2 is 1.76 bits per heavy atom. The molecule has 0 aliphatic carbocycles. The van der Waals surface area contributed by atoms with Crippen molar-refractivity contribution in [2.24, 2.45) is 0 Å². The van der Waals surface area contributed by atoms with Crippen molar-refractivity contribution < 1.29 is 23.8 Å². The van der Waals surface area contributed by atoms with Gasteiger partial charge in [-0.2, -0.15) is 0 Å². The van der Waals surface area contributed by atoms with Crippen molar-refractivity contribution in [1.29, 1.82) is 0 Å². The SMILES string of the molecule is COc1ccc(C)cc1NC(=O)CNC(=O)/C=C/c1cc(Cl)c(OC)c(OC)c1. The van der Waals surface area contributed by atoms with E-state index in [1.807, 2.05) is 13.0 Å². The van der Waals surface area contributed by atoms with Crippen LogP contribution < -0.4 is 24.8 Å². The quantitative estimate of drug-likeness (QED) is 0.641. The van der Waals surface area contributed by atoms with Gasteiger partial charge >= 0.3 is 0 Å². The third kappa shape index (κ3) is 6.15. The number of anilines is 1. The number of halogens is 1. The van der Waals surface area contributed by atoms with E-state index < -0.39 is 5.91 Å². The van der Waals surface area contributed by atoms with Crippen molar-refractivity contribution >= 4 is 35.2 Å². The van der Waals surface area contributed by atoms with Crippen LogP contribution in [-0.4, -0.2) is 39.7 Å². The molecule has 7 nitrogen and oxygen atoms in total. The van der Waals surface area contributed by atoms with Crippen LogP contribution in [0.25, 0.3) is 6.08 Å². The van der Waals surface area contributed by atoms with Crippen molar-refractivity contribution in [2.75, 3.05) is 33.2 Å². The van der Waals surface area contributed by atoms with Gasteiger partial charge in [0.15, 0.2) is 11.5 Å². The molecule has 0 heterocycles. The smallest absolute Gasteiger partial charge is 0.244 e. The van der Waals surface area contributed by atoms with Gasteiger partial charge in [0.1, 0.15) is 5.75 Å². The van der Waals surface area contributed by atoms with Gasteiger partial charge < -0.3 is 24.8 Å². The first-order valence-electron chi connectivity index (χ1n) is 8.69. The van der Waals surface area contributed by atoms with E-state index in [-0.39, 0.29) is 12.5 Å². The Morgan fingerprint density at radius 3 is 2.41 bits per heavy atom. The summed E-state index contributed by atoms with van der Waals surface area (Å²) in [5.41, 5.74) is 2.17. The Labute approximate surface area is 174 Å². The third-order valence-corrected chi connectivity index (χ3v) is 4.22. The second kappa shape index (κ2) is 10.4. The minimum absolute atomic E-state index is 0.188. The van der Waals surface area contributed by atoms with Gasteiger partial charge in [-0.25, -0.2) is 0 Å². The molecule has 154 valence electrons. The molecule has 2 aromatic carbocycles. The molecular weight excluding hydrogens is 396 g/mol. The molecule has 0 fully saturated rings. The number of hydrogen-bond donors (Lipinski definition) is 2. The lowest BCUT2D eigenvalue weighted by Gasteiger charge is -2.11. The largest absolute Gasteiger partial charge is 0.495 e. The molecule has 8 heteroatoms. The van der Waals surface area contributed by atoms with Gasteiger partial charge in [-0.1, -0.05) is 17.7 Å².